The van der Waals surface area contributed by atoms with Gasteiger partial charge in [-0.2, -0.15) is 0 Å². The second-order valence-electron chi connectivity index (χ2n) is 4.41. The predicted molar refractivity (Wildman–Crippen MR) is 84.5 cm³/mol. The number of amides is 1. The van der Waals surface area contributed by atoms with Crippen LogP contribution in [0.4, 0.5) is 5.13 Å². The topological polar surface area (TPSA) is 42.4 Å². The smallest absolute Gasteiger partial charge is 0.269 e. The van der Waals surface area contributed by atoms with Crippen LogP contribution in [0.3, 0.4) is 0 Å². The molecule has 0 saturated carbocycles. The average Bonchev–Trinajstić information content (AvgIpc) is 2.94. The zero-order valence-corrected chi connectivity index (χ0v) is 13.9. The van der Waals surface area contributed by atoms with Crippen LogP contribution in [0, 0.1) is 6.92 Å². The van der Waals surface area contributed by atoms with Crippen molar-refractivity contribution in [3.05, 3.63) is 39.8 Å². The zero-order valence-electron chi connectivity index (χ0n) is 11.5. The molecule has 0 radical (unpaired) electrons. The first kappa shape index (κ1) is 15.0. The van der Waals surface area contributed by atoms with E-state index in [1.54, 1.807) is 20.2 Å². The molecule has 0 aliphatic rings. The molecule has 0 N–H and O–H groups in total. The molecule has 1 amide bonds. The van der Waals surface area contributed by atoms with Crippen LogP contribution in [0.15, 0.2) is 34.2 Å². The van der Waals surface area contributed by atoms with Crippen LogP contribution in [-0.4, -0.2) is 24.0 Å². The summed E-state index contributed by atoms with van der Waals surface area (Å²) >= 11 is 4.86. The second kappa shape index (κ2) is 6.37. The number of carbonyl (C=O) groups is 1. The van der Waals surface area contributed by atoms with Crippen LogP contribution in [0.25, 0.3) is 0 Å². The van der Waals surface area contributed by atoms with Gasteiger partial charge in [0.05, 0.1) is 4.47 Å². The monoisotopic (exact) mass is 354 g/mol. The molecule has 1 atom stereocenters. The van der Waals surface area contributed by atoms with Gasteiger partial charge in [-0.05, 0) is 47.5 Å². The molecule has 1 aromatic heterocycles. The van der Waals surface area contributed by atoms with Crippen LogP contribution in [-0.2, 0) is 4.79 Å². The number of rotatable bonds is 4. The van der Waals surface area contributed by atoms with E-state index in [2.05, 4.69) is 20.9 Å². The number of hydrogen-bond donors (Lipinski definition) is 0. The molecule has 0 fully saturated rings. The van der Waals surface area contributed by atoms with Gasteiger partial charge in [0.1, 0.15) is 5.75 Å². The molecule has 0 spiro atoms. The highest BCUT2D eigenvalue weighted by molar-refractivity contribution is 9.10. The lowest BCUT2D eigenvalue weighted by Gasteiger charge is -2.20. The summed E-state index contributed by atoms with van der Waals surface area (Å²) in [6, 6.07) is 5.76. The Bertz CT molecular complexity index is 601. The van der Waals surface area contributed by atoms with Gasteiger partial charge in [-0.15, -0.1) is 11.3 Å². The quantitative estimate of drug-likeness (QED) is 0.841. The van der Waals surface area contributed by atoms with Crippen molar-refractivity contribution < 1.29 is 9.53 Å². The standard InChI is InChI=1S/C14H15BrN2O2S/c1-9-4-5-12(11(15)8-9)19-10(2)13(18)17(3)14-16-6-7-20-14/h4-8,10H,1-3H3/t10-/m0/s1. The summed E-state index contributed by atoms with van der Waals surface area (Å²) in [5.41, 5.74) is 1.13. The van der Waals surface area contributed by atoms with Gasteiger partial charge in [0.25, 0.3) is 5.91 Å². The molecule has 0 saturated heterocycles. The van der Waals surface area contributed by atoms with Gasteiger partial charge >= 0.3 is 0 Å². The Morgan fingerprint density at radius 2 is 2.25 bits per heavy atom. The Kier molecular flexibility index (Phi) is 4.77. The number of halogens is 1. The molecule has 2 aromatic rings. The molecule has 6 heteroatoms. The zero-order chi connectivity index (χ0) is 14.7. The number of thiazole rings is 1. The minimum absolute atomic E-state index is 0.132. The molecule has 0 aliphatic heterocycles. The normalized spacial score (nSPS) is 12.0. The first-order chi connectivity index (χ1) is 9.49. The lowest BCUT2D eigenvalue weighted by molar-refractivity contribution is -0.124. The number of ether oxygens (including phenoxy) is 1. The van der Waals surface area contributed by atoms with Crippen LogP contribution in [0.2, 0.25) is 0 Å². The second-order valence-corrected chi connectivity index (χ2v) is 6.13. The summed E-state index contributed by atoms with van der Waals surface area (Å²) in [5, 5.41) is 2.50. The van der Waals surface area contributed by atoms with Gasteiger partial charge in [-0.3, -0.25) is 9.69 Å². The Morgan fingerprint density at radius 1 is 1.50 bits per heavy atom. The summed E-state index contributed by atoms with van der Waals surface area (Å²) in [7, 11) is 1.70. The third-order valence-corrected chi connectivity index (χ3v) is 4.24. The third-order valence-electron chi connectivity index (χ3n) is 2.78. The highest BCUT2D eigenvalue weighted by Crippen LogP contribution is 2.27. The fourth-order valence-corrected chi connectivity index (χ4v) is 2.89. The molecule has 106 valence electrons. The summed E-state index contributed by atoms with van der Waals surface area (Å²) in [4.78, 5) is 17.9. The van der Waals surface area contributed by atoms with Gasteiger partial charge in [-0.25, -0.2) is 4.98 Å². The van der Waals surface area contributed by atoms with Gasteiger partial charge in [0, 0.05) is 18.6 Å². The van der Waals surface area contributed by atoms with Crippen LogP contribution in [0.1, 0.15) is 12.5 Å². The first-order valence-electron chi connectivity index (χ1n) is 6.09. The SMILES string of the molecule is Cc1ccc(O[C@@H](C)C(=O)N(C)c2nccs2)c(Br)c1. The van der Waals surface area contributed by atoms with E-state index in [4.69, 9.17) is 4.74 Å². The van der Waals surface area contributed by atoms with E-state index in [9.17, 15) is 4.79 Å². The van der Waals surface area contributed by atoms with Crippen molar-refractivity contribution in [2.45, 2.75) is 20.0 Å². The third kappa shape index (κ3) is 3.37. The molecule has 1 heterocycles. The Labute approximate surface area is 130 Å². The summed E-state index contributed by atoms with van der Waals surface area (Å²) < 4.78 is 6.56. The largest absolute Gasteiger partial charge is 0.480 e. The molecular weight excluding hydrogens is 340 g/mol. The summed E-state index contributed by atoms with van der Waals surface area (Å²) in [6.07, 6.45) is 1.09. The fraction of sp³-hybridized carbons (Fsp3) is 0.286. The fourth-order valence-electron chi connectivity index (χ4n) is 1.69. The Hall–Kier alpha value is -1.40. The van der Waals surface area contributed by atoms with Crippen molar-refractivity contribution in [2.75, 3.05) is 11.9 Å². The van der Waals surface area contributed by atoms with Crippen LogP contribution < -0.4 is 9.64 Å². The number of likely N-dealkylation sites (N-methyl/N-ethyl adjacent to an activating group) is 1. The maximum atomic E-state index is 12.3. The number of aryl methyl sites for hydroxylation is 1. The lowest BCUT2D eigenvalue weighted by Crippen LogP contribution is -2.38. The Morgan fingerprint density at radius 3 is 2.85 bits per heavy atom. The molecule has 0 bridgehead atoms. The summed E-state index contributed by atoms with van der Waals surface area (Å²) in [6.45, 7) is 3.73. The Balaban J connectivity index is 2.07. The number of anilines is 1. The van der Waals surface area contributed by atoms with Crippen molar-refractivity contribution in [1.29, 1.82) is 0 Å². The van der Waals surface area contributed by atoms with Crippen molar-refractivity contribution >= 4 is 38.3 Å². The molecule has 2 rings (SSSR count). The van der Waals surface area contributed by atoms with E-state index in [0.29, 0.717) is 10.9 Å². The van der Waals surface area contributed by atoms with E-state index in [0.717, 1.165) is 10.0 Å². The van der Waals surface area contributed by atoms with E-state index < -0.39 is 6.10 Å². The minimum Gasteiger partial charge on any atom is -0.480 e. The first-order valence-corrected chi connectivity index (χ1v) is 7.76. The number of aromatic nitrogens is 1. The molecule has 4 nitrogen and oxygen atoms in total. The van der Waals surface area contributed by atoms with E-state index in [-0.39, 0.29) is 5.91 Å². The number of carbonyl (C=O) groups excluding carboxylic acids is 1. The van der Waals surface area contributed by atoms with Crippen molar-refractivity contribution in [3.8, 4) is 5.75 Å². The van der Waals surface area contributed by atoms with E-state index >= 15 is 0 Å². The summed E-state index contributed by atoms with van der Waals surface area (Å²) in [5.74, 6) is 0.524. The van der Waals surface area contributed by atoms with Gasteiger partial charge in [0.15, 0.2) is 11.2 Å². The molecule has 0 aliphatic carbocycles. The lowest BCUT2D eigenvalue weighted by atomic mass is 10.2. The highest BCUT2D eigenvalue weighted by atomic mass is 79.9. The van der Waals surface area contributed by atoms with Crippen molar-refractivity contribution in [1.82, 2.24) is 4.98 Å². The van der Waals surface area contributed by atoms with Crippen molar-refractivity contribution in [2.24, 2.45) is 0 Å². The molecule has 20 heavy (non-hydrogen) atoms. The number of hydrogen-bond acceptors (Lipinski definition) is 4. The van der Waals surface area contributed by atoms with Gasteiger partial charge in [0.2, 0.25) is 0 Å². The van der Waals surface area contributed by atoms with Gasteiger partial charge in [-0.1, -0.05) is 6.07 Å². The predicted octanol–water partition coefficient (Wildman–Crippen LogP) is 3.64. The van der Waals surface area contributed by atoms with Crippen LogP contribution in [0.5, 0.6) is 5.75 Å². The minimum atomic E-state index is -0.581. The van der Waals surface area contributed by atoms with Gasteiger partial charge < -0.3 is 4.74 Å². The number of nitrogens with zero attached hydrogens (tertiary/aromatic N) is 2. The number of benzene rings is 1. The van der Waals surface area contributed by atoms with E-state index in [1.165, 1.54) is 16.2 Å². The highest BCUT2D eigenvalue weighted by Gasteiger charge is 2.22. The average molecular weight is 355 g/mol. The maximum Gasteiger partial charge on any atom is 0.269 e. The molecular formula is C14H15BrN2O2S. The molecule has 0 unspecified atom stereocenters. The van der Waals surface area contributed by atoms with E-state index in [1.807, 2.05) is 30.5 Å². The molecule has 1 aromatic carbocycles. The maximum absolute atomic E-state index is 12.3. The van der Waals surface area contributed by atoms with Crippen molar-refractivity contribution in [3.63, 3.8) is 0 Å². The van der Waals surface area contributed by atoms with Crippen LogP contribution >= 0.6 is 27.3 Å².